The molecule has 2 aromatic rings. The number of halogens is 2. The van der Waals surface area contributed by atoms with Crippen LogP contribution in [0.1, 0.15) is 23.3 Å². The molecule has 2 rings (SSSR count). The highest BCUT2D eigenvalue weighted by Crippen LogP contribution is 2.33. The van der Waals surface area contributed by atoms with Crippen molar-refractivity contribution < 1.29 is 5.11 Å². The van der Waals surface area contributed by atoms with Gasteiger partial charge in [-0.05, 0) is 29.3 Å². The zero-order chi connectivity index (χ0) is 13.1. The average molecular weight is 327 g/mol. The van der Waals surface area contributed by atoms with Crippen LogP contribution in [0.15, 0.2) is 53.0 Å². The fraction of sp³-hybridized carbons (Fsp3) is 0.143. The average Bonchev–Trinajstić information content (AvgIpc) is 2.41. The molecule has 0 radical (unpaired) electrons. The molecule has 0 aliphatic rings. The lowest BCUT2D eigenvalue weighted by molar-refractivity contribution is 0.146. The first-order valence-corrected chi connectivity index (χ1v) is 6.70. The maximum atomic E-state index is 10.3. The molecular formula is C14H13BrClNO. The van der Waals surface area contributed by atoms with Crippen molar-refractivity contribution in [3.63, 3.8) is 0 Å². The summed E-state index contributed by atoms with van der Waals surface area (Å²) in [4.78, 5) is 0. The van der Waals surface area contributed by atoms with E-state index in [2.05, 4.69) is 15.9 Å². The normalized spacial score (nSPS) is 14.2. The van der Waals surface area contributed by atoms with Crippen molar-refractivity contribution >= 4 is 27.5 Å². The van der Waals surface area contributed by atoms with Gasteiger partial charge in [0.15, 0.2) is 0 Å². The van der Waals surface area contributed by atoms with Crippen molar-refractivity contribution in [2.24, 2.45) is 5.73 Å². The molecule has 0 spiro atoms. The summed E-state index contributed by atoms with van der Waals surface area (Å²) in [5, 5.41) is 10.9. The van der Waals surface area contributed by atoms with E-state index >= 15 is 0 Å². The van der Waals surface area contributed by atoms with Crippen LogP contribution in [0, 0.1) is 0 Å². The number of hydrogen-bond donors (Lipinski definition) is 2. The Morgan fingerprint density at radius 3 is 2.44 bits per heavy atom. The minimum Gasteiger partial charge on any atom is -0.386 e. The number of aliphatic hydroxyl groups is 1. The van der Waals surface area contributed by atoms with Crippen molar-refractivity contribution in [1.29, 1.82) is 0 Å². The van der Waals surface area contributed by atoms with Crippen molar-refractivity contribution in [3.8, 4) is 0 Å². The first kappa shape index (κ1) is 13.6. The molecule has 3 N–H and O–H groups in total. The standard InChI is InChI=1S/C14H13BrClNO/c15-12-7-6-10(16)8-11(12)14(18)13(17)9-4-2-1-3-5-9/h1-8,13-14,18H,17H2. The summed E-state index contributed by atoms with van der Waals surface area (Å²) in [5.74, 6) is 0. The van der Waals surface area contributed by atoms with Gasteiger partial charge in [0.1, 0.15) is 0 Å². The number of benzene rings is 2. The van der Waals surface area contributed by atoms with Crippen LogP contribution >= 0.6 is 27.5 Å². The van der Waals surface area contributed by atoms with Gasteiger partial charge in [0.25, 0.3) is 0 Å². The highest BCUT2D eigenvalue weighted by Gasteiger charge is 2.20. The number of rotatable bonds is 3. The van der Waals surface area contributed by atoms with Crippen LogP contribution in [-0.2, 0) is 0 Å². The highest BCUT2D eigenvalue weighted by molar-refractivity contribution is 9.10. The van der Waals surface area contributed by atoms with Crippen molar-refractivity contribution in [3.05, 3.63) is 69.2 Å². The zero-order valence-electron chi connectivity index (χ0n) is 9.55. The molecule has 2 nitrogen and oxygen atoms in total. The van der Waals surface area contributed by atoms with E-state index in [1.54, 1.807) is 18.2 Å². The second-order valence-corrected chi connectivity index (χ2v) is 5.34. The molecule has 0 aliphatic carbocycles. The topological polar surface area (TPSA) is 46.2 Å². The Morgan fingerprint density at radius 2 is 1.78 bits per heavy atom. The van der Waals surface area contributed by atoms with Crippen molar-refractivity contribution in [2.45, 2.75) is 12.1 Å². The molecule has 2 unspecified atom stereocenters. The van der Waals surface area contributed by atoms with E-state index < -0.39 is 12.1 Å². The summed E-state index contributed by atoms with van der Waals surface area (Å²) >= 11 is 9.34. The summed E-state index contributed by atoms with van der Waals surface area (Å²) in [6.45, 7) is 0. The lowest BCUT2D eigenvalue weighted by Gasteiger charge is -2.21. The van der Waals surface area contributed by atoms with Gasteiger partial charge in [-0.25, -0.2) is 0 Å². The molecule has 0 aromatic heterocycles. The third-order valence-electron chi connectivity index (χ3n) is 2.80. The van der Waals surface area contributed by atoms with Gasteiger partial charge < -0.3 is 10.8 Å². The molecule has 94 valence electrons. The summed E-state index contributed by atoms with van der Waals surface area (Å²) in [5.41, 5.74) is 7.65. The van der Waals surface area contributed by atoms with E-state index in [1.807, 2.05) is 30.3 Å². The smallest absolute Gasteiger partial charge is 0.0993 e. The largest absolute Gasteiger partial charge is 0.386 e. The van der Waals surface area contributed by atoms with Gasteiger partial charge >= 0.3 is 0 Å². The van der Waals surface area contributed by atoms with E-state index in [0.29, 0.717) is 10.6 Å². The fourth-order valence-corrected chi connectivity index (χ4v) is 2.45. The van der Waals surface area contributed by atoms with Crippen LogP contribution in [0.4, 0.5) is 0 Å². The Morgan fingerprint density at radius 1 is 1.11 bits per heavy atom. The molecule has 0 bridgehead atoms. The van der Waals surface area contributed by atoms with Gasteiger partial charge in [0.05, 0.1) is 12.1 Å². The Kier molecular flexibility index (Phi) is 4.40. The van der Waals surface area contributed by atoms with E-state index in [9.17, 15) is 5.11 Å². The molecule has 2 aromatic carbocycles. The third kappa shape index (κ3) is 2.93. The van der Waals surface area contributed by atoms with Gasteiger partial charge in [0, 0.05) is 9.50 Å². The minimum atomic E-state index is -0.805. The van der Waals surface area contributed by atoms with E-state index in [1.165, 1.54) is 0 Å². The molecule has 0 heterocycles. The van der Waals surface area contributed by atoms with Gasteiger partial charge in [-0.15, -0.1) is 0 Å². The molecule has 0 aliphatic heterocycles. The molecular weight excluding hydrogens is 314 g/mol. The predicted molar refractivity (Wildman–Crippen MR) is 77.5 cm³/mol. The molecule has 0 saturated heterocycles. The second-order valence-electron chi connectivity index (χ2n) is 4.05. The lowest BCUT2D eigenvalue weighted by atomic mass is 9.97. The molecule has 0 fully saturated rings. The SMILES string of the molecule is NC(c1ccccc1)C(O)c1cc(Cl)ccc1Br. The lowest BCUT2D eigenvalue weighted by Crippen LogP contribution is -2.19. The van der Waals surface area contributed by atoms with Gasteiger partial charge in [-0.3, -0.25) is 0 Å². The molecule has 0 saturated carbocycles. The van der Waals surface area contributed by atoms with Gasteiger partial charge in [-0.1, -0.05) is 57.9 Å². The first-order chi connectivity index (χ1) is 8.59. The highest BCUT2D eigenvalue weighted by atomic mass is 79.9. The Labute approximate surface area is 120 Å². The first-order valence-electron chi connectivity index (χ1n) is 5.53. The van der Waals surface area contributed by atoms with Crippen LogP contribution in [0.5, 0.6) is 0 Å². The molecule has 4 heteroatoms. The second kappa shape index (κ2) is 5.85. The summed E-state index contributed by atoms with van der Waals surface area (Å²) in [6.07, 6.45) is -0.805. The Balaban J connectivity index is 2.31. The van der Waals surface area contributed by atoms with Crippen LogP contribution in [0.3, 0.4) is 0 Å². The maximum Gasteiger partial charge on any atom is 0.0993 e. The number of nitrogens with two attached hydrogens (primary N) is 1. The zero-order valence-corrected chi connectivity index (χ0v) is 11.9. The number of aliphatic hydroxyl groups excluding tert-OH is 1. The summed E-state index contributed by atoms with van der Waals surface area (Å²) in [7, 11) is 0. The Bertz CT molecular complexity index is 533. The van der Waals surface area contributed by atoms with Crippen molar-refractivity contribution in [1.82, 2.24) is 0 Å². The van der Waals surface area contributed by atoms with Gasteiger partial charge in [0.2, 0.25) is 0 Å². The Hall–Kier alpha value is -0.870. The van der Waals surface area contributed by atoms with Crippen LogP contribution in [-0.4, -0.2) is 5.11 Å². The van der Waals surface area contributed by atoms with Gasteiger partial charge in [-0.2, -0.15) is 0 Å². The van der Waals surface area contributed by atoms with Crippen LogP contribution < -0.4 is 5.73 Å². The number of hydrogen-bond acceptors (Lipinski definition) is 2. The summed E-state index contributed by atoms with van der Waals surface area (Å²) in [6, 6.07) is 14.3. The third-order valence-corrected chi connectivity index (χ3v) is 3.76. The van der Waals surface area contributed by atoms with E-state index in [0.717, 1.165) is 10.0 Å². The monoisotopic (exact) mass is 325 g/mol. The molecule has 2 atom stereocenters. The predicted octanol–water partition coefficient (Wildman–Crippen LogP) is 3.84. The van der Waals surface area contributed by atoms with Crippen molar-refractivity contribution in [2.75, 3.05) is 0 Å². The quantitative estimate of drug-likeness (QED) is 0.900. The van der Waals surface area contributed by atoms with Crippen LogP contribution in [0.2, 0.25) is 5.02 Å². The summed E-state index contributed by atoms with van der Waals surface area (Å²) < 4.78 is 0.797. The van der Waals surface area contributed by atoms with E-state index in [-0.39, 0.29) is 0 Å². The van der Waals surface area contributed by atoms with Crippen LogP contribution in [0.25, 0.3) is 0 Å². The van der Waals surface area contributed by atoms with E-state index in [4.69, 9.17) is 17.3 Å². The fourth-order valence-electron chi connectivity index (χ4n) is 1.79. The minimum absolute atomic E-state index is 0.485. The molecule has 18 heavy (non-hydrogen) atoms. The maximum absolute atomic E-state index is 10.3. The molecule has 0 amide bonds.